The van der Waals surface area contributed by atoms with E-state index in [0.29, 0.717) is 17.9 Å². The third-order valence-electron chi connectivity index (χ3n) is 7.28. The van der Waals surface area contributed by atoms with Gasteiger partial charge in [-0.15, -0.1) is 0 Å². The van der Waals surface area contributed by atoms with Gasteiger partial charge in [-0.2, -0.15) is 0 Å². The lowest BCUT2D eigenvalue weighted by Crippen LogP contribution is -2.37. The van der Waals surface area contributed by atoms with E-state index in [1.54, 1.807) is 24.3 Å². The van der Waals surface area contributed by atoms with Crippen molar-refractivity contribution in [1.82, 2.24) is 0 Å². The summed E-state index contributed by atoms with van der Waals surface area (Å²) in [5, 5.41) is 0. The third kappa shape index (κ3) is 4.56. The molecule has 0 radical (unpaired) electrons. The molecule has 0 unspecified atom stereocenters. The lowest BCUT2D eigenvalue weighted by atomic mass is 9.81. The van der Waals surface area contributed by atoms with Crippen molar-refractivity contribution < 1.29 is 19.1 Å². The second-order valence-corrected chi connectivity index (χ2v) is 11.5. The molecule has 4 rings (SSSR count). The second kappa shape index (κ2) is 10.4. The van der Waals surface area contributed by atoms with Gasteiger partial charge in [0.15, 0.2) is 0 Å². The molecule has 1 aromatic carbocycles. The largest absolute Gasteiger partial charge is 0.426 e. The Labute approximate surface area is 206 Å². The Bertz CT molecular complexity index is 843. The van der Waals surface area contributed by atoms with Gasteiger partial charge in [-0.05, 0) is 36.8 Å². The molecule has 0 aromatic heterocycles. The maximum atomic E-state index is 13.2. The molecule has 1 heterocycles. The highest BCUT2D eigenvalue weighted by atomic mass is 79.9. The monoisotopic (exact) mass is 567 g/mol. The van der Waals surface area contributed by atoms with Crippen LogP contribution in [0, 0.1) is 23.7 Å². The van der Waals surface area contributed by atoms with Crippen molar-refractivity contribution in [2.45, 2.75) is 74.4 Å². The Balaban J connectivity index is 1.34. The first kappa shape index (κ1) is 23.9. The number of halogens is 2. The van der Waals surface area contributed by atoms with Crippen LogP contribution in [0.2, 0.25) is 0 Å². The minimum Gasteiger partial charge on any atom is -0.426 e. The summed E-state index contributed by atoms with van der Waals surface area (Å²) in [5.41, 5.74) is 0.493. The molecular weight excluding hydrogens is 538 g/mol. The highest BCUT2D eigenvalue weighted by Gasteiger charge is 2.66. The van der Waals surface area contributed by atoms with Gasteiger partial charge in [-0.3, -0.25) is 14.4 Å². The minimum atomic E-state index is -0.269. The molecule has 1 aromatic rings. The summed E-state index contributed by atoms with van der Waals surface area (Å²) in [6, 6.07) is 6.81. The molecule has 5 nitrogen and oxygen atoms in total. The van der Waals surface area contributed by atoms with Crippen LogP contribution >= 0.6 is 31.9 Å². The molecular formula is C25H31Br2NO4. The molecule has 1 aliphatic heterocycles. The average molecular weight is 569 g/mol. The molecule has 2 amide bonds. The molecule has 7 heteroatoms. The molecule has 3 fully saturated rings. The molecule has 0 N–H and O–H groups in total. The molecule has 0 spiro atoms. The zero-order valence-electron chi connectivity index (χ0n) is 18.5. The van der Waals surface area contributed by atoms with E-state index >= 15 is 0 Å². The number of carbonyl (C=O) groups is 3. The highest BCUT2D eigenvalue weighted by Crippen LogP contribution is 2.60. The van der Waals surface area contributed by atoms with Gasteiger partial charge in [0.05, 0.1) is 17.5 Å². The topological polar surface area (TPSA) is 63.7 Å². The summed E-state index contributed by atoms with van der Waals surface area (Å²) >= 11 is 7.43. The summed E-state index contributed by atoms with van der Waals surface area (Å²) in [6.45, 7) is 2.20. The Morgan fingerprint density at radius 3 is 2.19 bits per heavy atom. The molecule has 2 bridgehead atoms. The molecule has 2 aliphatic carbocycles. The number of amides is 2. The molecule has 6 atom stereocenters. The Kier molecular flexibility index (Phi) is 7.76. The SMILES string of the molecule is CCCCCCCCCC(=O)Oc1cccc(N2C(=O)[C@@H]3[C@H]4C[C@H]([C@H](Br)[C@@H]4Br)[C@@H]3C2=O)c1. The number of nitrogens with zero attached hydrogens (tertiary/aromatic N) is 1. The zero-order valence-corrected chi connectivity index (χ0v) is 21.6. The van der Waals surface area contributed by atoms with E-state index in [2.05, 4.69) is 38.8 Å². The number of unbranched alkanes of at least 4 members (excludes halogenated alkanes) is 6. The predicted molar refractivity (Wildman–Crippen MR) is 131 cm³/mol. The number of imide groups is 1. The number of ether oxygens (including phenoxy) is 1. The second-order valence-electron chi connectivity index (χ2n) is 9.36. The maximum absolute atomic E-state index is 13.2. The van der Waals surface area contributed by atoms with Crippen LogP contribution in [0.3, 0.4) is 0 Å². The van der Waals surface area contributed by atoms with Crippen molar-refractivity contribution in [3.63, 3.8) is 0 Å². The summed E-state index contributed by atoms with van der Waals surface area (Å²) < 4.78 is 5.51. The standard InChI is InChI=1S/C25H31Br2NO4/c1-2-3-4-5-6-7-8-12-19(29)32-16-11-9-10-15(13-16)28-24(30)20-17-14-18(21(20)25(28)31)23(27)22(17)26/h9-11,13,17-18,20-23H,2-8,12,14H2,1H3/t17-,18+,20-,21+,22-,23+. The van der Waals surface area contributed by atoms with E-state index < -0.39 is 0 Å². The fourth-order valence-electron chi connectivity index (χ4n) is 5.70. The number of rotatable bonds is 10. The van der Waals surface area contributed by atoms with E-state index in [-0.39, 0.29) is 51.1 Å². The van der Waals surface area contributed by atoms with Crippen molar-refractivity contribution in [2.24, 2.45) is 23.7 Å². The number of hydrogen-bond acceptors (Lipinski definition) is 4. The van der Waals surface area contributed by atoms with Crippen LogP contribution in [0.4, 0.5) is 5.69 Å². The number of fused-ring (bicyclic) bond motifs is 5. The van der Waals surface area contributed by atoms with Gasteiger partial charge in [0.2, 0.25) is 11.8 Å². The number of hydrogen-bond donors (Lipinski definition) is 0. The minimum absolute atomic E-state index is 0.122. The number of carbonyl (C=O) groups excluding carboxylic acids is 3. The van der Waals surface area contributed by atoms with Gasteiger partial charge >= 0.3 is 5.97 Å². The Hall–Kier alpha value is -1.21. The zero-order chi connectivity index (χ0) is 22.8. The summed E-state index contributed by atoms with van der Waals surface area (Å²) in [6.07, 6.45) is 9.28. The van der Waals surface area contributed by atoms with Crippen molar-refractivity contribution in [3.8, 4) is 5.75 Å². The van der Waals surface area contributed by atoms with Gasteiger partial charge in [-0.25, -0.2) is 4.90 Å². The third-order valence-corrected chi connectivity index (χ3v) is 10.5. The van der Waals surface area contributed by atoms with Crippen LogP contribution in [0.15, 0.2) is 24.3 Å². The maximum Gasteiger partial charge on any atom is 0.311 e. The average Bonchev–Trinajstić information content (AvgIpc) is 3.38. The predicted octanol–water partition coefficient (Wildman–Crippen LogP) is 6.02. The van der Waals surface area contributed by atoms with Gasteiger partial charge in [-0.1, -0.05) is 83.4 Å². The van der Waals surface area contributed by atoms with E-state index in [1.165, 1.54) is 30.6 Å². The van der Waals surface area contributed by atoms with Crippen molar-refractivity contribution in [3.05, 3.63) is 24.3 Å². The molecule has 3 aliphatic rings. The van der Waals surface area contributed by atoms with Crippen LogP contribution in [0.25, 0.3) is 0 Å². The van der Waals surface area contributed by atoms with Gasteiger partial charge in [0.25, 0.3) is 0 Å². The first-order valence-corrected chi connectivity index (χ1v) is 13.7. The van der Waals surface area contributed by atoms with Crippen LogP contribution in [0.1, 0.15) is 64.7 Å². The number of alkyl halides is 2. The molecule has 1 saturated heterocycles. The van der Waals surface area contributed by atoms with E-state index in [1.807, 2.05) is 0 Å². The van der Waals surface area contributed by atoms with Crippen LogP contribution in [0.5, 0.6) is 5.75 Å². The van der Waals surface area contributed by atoms with E-state index in [9.17, 15) is 14.4 Å². The van der Waals surface area contributed by atoms with Gasteiger partial charge in [0.1, 0.15) is 5.75 Å². The molecule has 32 heavy (non-hydrogen) atoms. The van der Waals surface area contributed by atoms with Crippen LogP contribution < -0.4 is 9.64 Å². The molecule has 174 valence electrons. The summed E-state index contributed by atoms with van der Waals surface area (Å²) in [7, 11) is 0. The first-order valence-electron chi connectivity index (χ1n) is 11.9. The van der Waals surface area contributed by atoms with Crippen LogP contribution in [-0.2, 0) is 14.4 Å². The molecule has 2 saturated carbocycles. The fourth-order valence-corrected chi connectivity index (χ4v) is 7.57. The summed E-state index contributed by atoms with van der Waals surface area (Å²) in [4.78, 5) is 40.4. The Morgan fingerprint density at radius 1 is 0.969 bits per heavy atom. The van der Waals surface area contributed by atoms with E-state index in [0.717, 1.165) is 25.7 Å². The quantitative estimate of drug-likeness (QED) is 0.114. The van der Waals surface area contributed by atoms with Crippen molar-refractivity contribution in [2.75, 3.05) is 4.90 Å². The lowest BCUT2D eigenvalue weighted by molar-refractivity contribution is -0.134. The number of anilines is 1. The highest BCUT2D eigenvalue weighted by molar-refractivity contribution is 9.12. The van der Waals surface area contributed by atoms with Gasteiger partial charge in [0, 0.05) is 22.1 Å². The fraction of sp³-hybridized carbons (Fsp3) is 0.640. The normalized spacial score (nSPS) is 30.8. The van der Waals surface area contributed by atoms with Gasteiger partial charge < -0.3 is 4.74 Å². The van der Waals surface area contributed by atoms with Crippen molar-refractivity contribution >= 4 is 55.3 Å². The number of esters is 1. The Morgan fingerprint density at radius 2 is 1.56 bits per heavy atom. The number of benzene rings is 1. The summed E-state index contributed by atoms with van der Waals surface area (Å²) in [5.74, 6) is -0.284. The first-order chi connectivity index (χ1) is 15.4. The van der Waals surface area contributed by atoms with Crippen molar-refractivity contribution in [1.29, 1.82) is 0 Å². The van der Waals surface area contributed by atoms with Crippen LogP contribution in [-0.4, -0.2) is 27.4 Å². The van der Waals surface area contributed by atoms with E-state index in [4.69, 9.17) is 4.74 Å². The smallest absolute Gasteiger partial charge is 0.311 e. The lowest BCUT2D eigenvalue weighted by Gasteiger charge is -2.28.